The molecule has 0 spiro atoms. The number of likely N-dealkylation sites (tertiary alicyclic amines) is 1. The highest BCUT2D eigenvalue weighted by Crippen LogP contribution is 2.23. The number of carbonyl (C=O) groups is 1. The lowest BCUT2D eigenvalue weighted by Crippen LogP contribution is -2.37. The van der Waals surface area contributed by atoms with E-state index in [1.165, 1.54) is 30.8 Å². The molecule has 7 nitrogen and oxygen atoms in total. The zero-order valence-electron chi connectivity index (χ0n) is 15.8. The van der Waals surface area contributed by atoms with E-state index in [1.807, 2.05) is 42.2 Å². The molecule has 1 saturated heterocycles. The van der Waals surface area contributed by atoms with Gasteiger partial charge < -0.3 is 9.88 Å². The zero-order valence-corrected chi connectivity index (χ0v) is 16.6. The monoisotopic (exact) mass is 397 g/mol. The molecule has 28 heavy (non-hydrogen) atoms. The highest BCUT2D eigenvalue weighted by Gasteiger charge is 2.23. The van der Waals surface area contributed by atoms with Crippen LogP contribution in [0.15, 0.2) is 46.5 Å². The zero-order chi connectivity index (χ0) is 19.5. The Labute approximate surface area is 167 Å². The van der Waals surface area contributed by atoms with E-state index in [0.29, 0.717) is 16.2 Å². The van der Waals surface area contributed by atoms with E-state index < -0.39 is 0 Å². The van der Waals surface area contributed by atoms with Crippen LogP contribution in [0.5, 0.6) is 0 Å². The fourth-order valence-corrected chi connectivity index (χ4v) is 4.35. The van der Waals surface area contributed by atoms with Crippen LogP contribution in [0.25, 0.3) is 16.7 Å². The number of fused-ring (bicyclic) bond motifs is 1. The van der Waals surface area contributed by atoms with Gasteiger partial charge >= 0.3 is 0 Å². The van der Waals surface area contributed by atoms with Crippen molar-refractivity contribution in [2.24, 2.45) is 0 Å². The molecule has 1 atom stereocenters. The van der Waals surface area contributed by atoms with Gasteiger partial charge in [-0.1, -0.05) is 42.8 Å². The minimum Gasteiger partial charge on any atom is -0.342 e. The standard InChI is InChI=1S/C20H23N5O2S/c1-14(19(27)24-11-7-2-3-8-12-24)28-20-22-17-16(18(26)23-20)13-21-25(17)15-9-5-4-6-10-15/h4-6,9-10,13-14H,2-3,7-8,11-12H2,1H3,(H,22,23,26). The SMILES string of the molecule is CC(Sc1nc2c(cnn2-c2ccccc2)c(=O)[nH]1)C(=O)N1CCCCCC1. The third-order valence-electron chi connectivity index (χ3n) is 4.97. The van der Waals surface area contributed by atoms with Gasteiger partial charge in [-0.3, -0.25) is 9.59 Å². The van der Waals surface area contributed by atoms with Gasteiger partial charge in [-0.2, -0.15) is 5.10 Å². The van der Waals surface area contributed by atoms with E-state index >= 15 is 0 Å². The predicted molar refractivity (Wildman–Crippen MR) is 110 cm³/mol. The lowest BCUT2D eigenvalue weighted by Gasteiger charge is -2.23. The van der Waals surface area contributed by atoms with Crippen LogP contribution in [0, 0.1) is 0 Å². The van der Waals surface area contributed by atoms with Crippen LogP contribution in [-0.4, -0.2) is 48.9 Å². The number of rotatable bonds is 4. The van der Waals surface area contributed by atoms with Crippen molar-refractivity contribution in [3.63, 3.8) is 0 Å². The summed E-state index contributed by atoms with van der Waals surface area (Å²) < 4.78 is 1.65. The van der Waals surface area contributed by atoms with Gasteiger partial charge in [0.25, 0.3) is 5.56 Å². The Morgan fingerprint density at radius 2 is 1.86 bits per heavy atom. The van der Waals surface area contributed by atoms with E-state index in [9.17, 15) is 9.59 Å². The van der Waals surface area contributed by atoms with Crippen LogP contribution in [0.3, 0.4) is 0 Å². The number of nitrogens with zero attached hydrogens (tertiary/aromatic N) is 4. The third kappa shape index (κ3) is 3.82. The van der Waals surface area contributed by atoms with E-state index in [1.54, 1.807) is 4.68 Å². The summed E-state index contributed by atoms with van der Waals surface area (Å²) in [6.45, 7) is 3.50. The second-order valence-electron chi connectivity index (χ2n) is 7.00. The Bertz CT molecular complexity index is 1020. The fourth-order valence-electron chi connectivity index (χ4n) is 3.48. The quantitative estimate of drug-likeness (QED) is 0.540. The molecule has 1 fully saturated rings. The van der Waals surface area contributed by atoms with E-state index in [2.05, 4.69) is 15.1 Å². The third-order valence-corrected chi connectivity index (χ3v) is 5.94. The molecule has 3 aromatic rings. The summed E-state index contributed by atoms with van der Waals surface area (Å²) in [5.41, 5.74) is 1.08. The number of nitrogens with one attached hydrogen (secondary N) is 1. The average Bonchev–Trinajstić information content (AvgIpc) is 2.95. The summed E-state index contributed by atoms with van der Waals surface area (Å²) in [7, 11) is 0. The second kappa shape index (κ2) is 8.18. The maximum absolute atomic E-state index is 12.8. The normalized spacial score (nSPS) is 16.1. The molecule has 1 aliphatic heterocycles. The van der Waals surface area contributed by atoms with Crippen molar-refractivity contribution in [1.29, 1.82) is 0 Å². The molecule has 1 aromatic carbocycles. The largest absolute Gasteiger partial charge is 0.342 e. The number of hydrogen-bond donors (Lipinski definition) is 1. The summed E-state index contributed by atoms with van der Waals surface area (Å²) in [4.78, 5) is 34.6. The first kappa shape index (κ1) is 18.7. The molecule has 1 amide bonds. The minimum absolute atomic E-state index is 0.103. The van der Waals surface area contributed by atoms with Crippen LogP contribution in [0.2, 0.25) is 0 Å². The van der Waals surface area contributed by atoms with Crippen molar-refractivity contribution in [2.45, 2.75) is 43.0 Å². The van der Waals surface area contributed by atoms with Crippen molar-refractivity contribution >= 4 is 28.7 Å². The molecule has 146 valence electrons. The van der Waals surface area contributed by atoms with Crippen LogP contribution < -0.4 is 5.56 Å². The molecular formula is C20H23N5O2S. The smallest absolute Gasteiger partial charge is 0.262 e. The van der Waals surface area contributed by atoms with Gasteiger partial charge in [0.15, 0.2) is 10.8 Å². The van der Waals surface area contributed by atoms with E-state index in [-0.39, 0.29) is 16.7 Å². The number of aromatic nitrogens is 4. The topological polar surface area (TPSA) is 83.9 Å². The number of thioether (sulfide) groups is 1. The summed E-state index contributed by atoms with van der Waals surface area (Å²) in [5.74, 6) is 0.103. The number of amides is 1. The maximum Gasteiger partial charge on any atom is 0.262 e. The van der Waals surface area contributed by atoms with Crippen LogP contribution in [0.4, 0.5) is 0 Å². The van der Waals surface area contributed by atoms with E-state index in [4.69, 9.17) is 0 Å². The molecule has 8 heteroatoms. The fraction of sp³-hybridized carbons (Fsp3) is 0.400. The Hall–Kier alpha value is -2.61. The first-order chi connectivity index (χ1) is 13.6. The summed E-state index contributed by atoms with van der Waals surface area (Å²) >= 11 is 1.29. The molecule has 0 bridgehead atoms. The number of hydrogen-bond acceptors (Lipinski definition) is 5. The van der Waals surface area contributed by atoms with Crippen molar-refractivity contribution in [3.05, 3.63) is 46.9 Å². The molecule has 2 aromatic heterocycles. The van der Waals surface area contributed by atoms with Crippen LogP contribution in [-0.2, 0) is 4.79 Å². The minimum atomic E-state index is -0.313. The second-order valence-corrected chi connectivity index (χ2v) is 8.33. The molecule has 0 aliphatic carbocycles. The van der Waals surface area contributed by atoms with Crippen molar-refractivity contribution in [2.75, 3.05) is 13.1 Å². The predicted octanol–water partition coefficient (Wildman–Crippen LogP) is 2.99. The van der Waals surface area contributed by atoms with Gasteiger partial charge in [-0.15, -0.1) is 0 Å². The van der Waals surface area contributed by atoms with Gasteiger partial charge in [0, 0.05) is 13.1 Å². The number of carbonyl (C=O) groups excluding carboxylic acids is 1. The average molecular weight is 398 g/mol. The van der Waals surface area contributed by atoms with Crippen molar-refractivity contribution < 1.29 is 4.79 Å². The summed E-state index contributed by atoms with van der Waals surface area (Å²) in [5, 5.41) is 4.87. The van der Waals surface area contributed by atoms with Crippen molar-refractivity contribution in [1.82, 2.24) is 24.6 Å². The Balaban J connectivity index is 1.60. The Morgan fingerprint density at radius 3 is 2.57 bits per heavy atom. The Kier molecular flexibility index (Phi) is 5.47. The lowest BCUT2D eigenvalue weighted by atomic mass is 10.2. The molecular weight excluding hydrogens is 374 g/mol. The highest BCUT2D eigenvalue weighted by atomic mass is 32.2. The number of aromatic amines is 1. The van der Waals surface area contributed by atoms with Gasteiger partial charge in [-0.05, 0) is 31.9 Å². The highest BCUT2D eigenvalue weighted by molar-refractivity contribution is 8.00. The molecule has 4 rings (SSSR count). The first-order valence-electron chi connectivity index (χ1n) is 9.62. The molecule has 1 aliphatic rings. The maximum atomic E-state index is 12.8. The van der Waals surface area contributed by atoms with Crippen LogP contribution in [0.1, 0.15) is 32.6 Å². The molecule has 1 N–H and O–H groups in total. The number of benzene rings is 1. The van der Waals surface area contributed by atoms with Crippen LogP contribution >= 0.6 is 11.8 Å². The number of para-hydroxylation sites is 1. The number of H-pyrrole nitrogens is 1. The van der Waals surface area contributed by atoms with Gasteiger partial charge in [0.05, 0.1) is 17.1 Å². The molecule has 0 radical (unpaired) electrons. The van der Waals surface area contributed by atoms with E-state index in [0.717, 1.165) is 31.6 Å². The molecule has 1 unspecified atom stereocenters. The molecule has 3 heterocycles. The first-order valence-corrected chi connectivity index (χ1v) is 10.5. The van der Waals surface area contributed by atoms with Gasteiger partial charge in [-0.25, -0.2) is 9.67 Å². The van der Waals surface area contributed by atoms with Gasteiger partial charge in [0.2, 0.25) is 5.91 Å². The summed E-state index contributed by atoms with van der Waals surface area (Å²) in [6, 6.07) is 9.56. The van der Waals surface area contributed by atoms with Gasteiger partial charge in [0.1, 0.15) is 5.39 Å². The summed E-state index contributed by atoms with van der Waals surface area (Å²) in [6.07, 6.45) is 6.00. The Morgan fingerprint density at radius 1 is 1.14 bits per heavy atom. The van der Waals surface area contributed by atoms with Crippen molar-refractivity contribution in [3.8, 4) is 5.69 Å². The lowest BCUT2D eigenvalue weighted by molar-refractivity contribution is -0.130. The molecule has 0 saturated carbocycles.